The molecule has 10 heteroatoms. The molecular weight excluding hydrogens is 277 g/mol. The molecule has 0 rings (SSSR count). The van der Waals surface area contributed by atoms with Gasteiger partial charge in [-0.3, -0.25) is 4.79 Å². The van der Waals surface area contributed by atoms with Crippen molar-refractivity contribution in [2.75, 3.05) is 25.6 Å². The standard InChI is InChI=1S/C7H9F6O3P/c1-16-5(14)2-17(15,3-6(8,9)10)4-7(11,12)13/h2-4H2,1H3. The van der Waals surface area contributed by atoms with Crippen molar-refractivity contribution in [1.29, 1.82) is 0 Å². The molecule has 0 atom stereocenters. The molecule has 0 aromatic rings. The van der Waals surface area contributed by atoms with Crippen molar-refractivity contribution in [3.63, 3.8) is 0 Å². The maximum atomic E-state index is 12.0. The molecule has 0 unspecified atom stereocenters. The predicted molar refractivity (Wildman–Crippen MR) is 46.3 cm³/mol. The van der Waals surface area contributed by atoms with E-state index in [1.165, 1.54) is 0 Å². The topological polar surface area (TPSA) is 43.4 Å². The van der Waals surface area contributed by atoms with Crippen molar-refractivity contribution >= 4 is 13.1 Å². The first-order valence-electron chi connectivity index (χ1n) is 4.14. The van der Waals surface area contributed by atoms with E-state index in [4.69, 9.17) is 0 Å². The molecule has 0 fully saturated rings. The highest BCUT2D eigenvalue weighted by atomic mass is 31.2. The van der Waals surface area contributed by atoms with E-state index < -0.39 is 43.9 Å². The fourth-order valence-corrected chi connectivity index (χ4v) is 3.36. The summed E-state index contributed by atoms with van der Waals surface area (Å²) in [5.41, 5.74) is 0. The average molecular weight is 286 g/mol. The first kappa shape index (κ1) is 16.3. The zero-order valence-electron chi connectivity index (χ0n) is 8.56. The molecule has 102 valence electrons. The predicted octanol–water partition coefficient (Wildman–Crippen LogP) is 2.65. The minimum Gasteiger partial charge on any atom is -0.469 e. The minimum absolute atomic E-state index is 0.786. The molecule has 0 aliphatic rings. The van der Waals surface area contributed by atoms with Gasteiger partial charge in [-0.2, -0.15) is 26.3 Å². The van der Waals surface area contributed by atoms with Gasteiger partial charge in [-0.25, -0.2) is 0 Å². The lowest BCUT2D eigenvalue weighted by molar-refractivity contribution is -0.137. The van der Waals surface area contributed by atoms with Crippen LogP contribution in [0.4, 0.5) is 26.3 Å². The summed E-state index contributed by atoms with van der Waals surface area (Å²) in [4.78, 5) is 10.7. The normalized spacial score (nSPS) is 13.6. The van der Waals surface area contributed by atoms with Crippen molar-refractivity contribution in [2.45, 2.75) is 12.4 Å². The molecule has 0 aliphatic carbocycles. The van der Waals surface area contributed by atoms with Gasteiger partial charge in [0.1, 0.15) is 7.14 Å². The summed E-state index contributed by atoms with van der Waals surface area (Å²) in [7, 11) is -3.97. The number of alkyl halides is 6. The number of methoxy groups -OCH3 is 1. The molecule has 0 heterocycles. The van der Waals surface area contributed by atoms with Crippen molar-refractivity contribution in [2.24, 2.45) is 0 Å². The zero-order chi connectivity index (χ0) is 13.9. The van der Waals surface area contributed by atoms with E-state index in [0.29, 0.717) is 0 Å². The van der Waals surface area contributed by atoms with Crippen molar-refractivity contribution in [3.05, 3.63) is 0 Å². The van der Waals surface area contributed by atoms with Crippen LogP contribution < -0.4 is 0 Å². The number of hydrogen-bond donors (Lipinski definition) is 0. The Morgan fingerprint density at radius 3 is 1.65 bits per heavy atom. The van der Waals surface area contributed by atoms with Crippen molar-refractivity contribution in [3.8, 4) is 0 Å². The molecular formula is C7H9F6O3P. The van der Waals surface area contributed by atoms with E-state index >= 15 is 0 Å². The lowest BCUT2D eigenvalue weighted by atomic mass is 10.8. The number of rotatable bonds is 4. The molecule has 0 spiro atoms. The maximum absolute atomic E-state index is 12.0. The van der Waals surface area contributed by atoms with E-state index in [-0.39, 0.29) is 0 Å². The monoisotopic (exact) mass is 286 g/mol. The molecule has 0 aliphatic heterocycles. The van der Waals surface area contributed by atoms with E-state index in [0.717, 1.165) is 7.11 Å². The van der Waals surface area contributed by atoms with E-state index in [1.54, 1.807) is 0 Å². The number of esters is 1. The molecule has 0 N–H and O–H groups in total. The van der Waals surface area contributed by atoms with Gasteiger partial charge in [0.15, 0.2) is 0 Å². The molecule has 3 nitrogen and oxygen atoms in total. The molecule has 0 bridgehead atoms. The lowest BCUT2D eigenvalue weighted by Gasteiger charge is -2.20. The van der Waals surface area contributed by atoms with Gasteiger partial charge in [0.25, 0.3) is 0 Å². The number of hydrogen-bond acceptors (Lipinski definition) is 3. The van der Waals surface area contributed by atoms with Crippen LogP contribution in [0, 0.1) is 0 Å². The molecule has 0 aromatic carbocycles. The van der Waals surface area contributed by atoms with Gasteiger partial charge < -0.3 is 9.30 Å². The van der Waals surface area contributed by atoms with Crippen LogP contribution in [-0.4, -0.2) is 43.9 Å². The van der Waals surface area contributed by atoms with Crippen molar-refractivity contribution < 1.29 is 40.4 Å². The van der Waals surface area contributed by atoms with Gasteiger partial charge in [-0.05, 0) is 0 Å². The summed E-state index contributed by atoms with van der Waals surface area (Å²) in [5, 5.41) is 0. The first-order chi connectivity index (χ1) is 7.37. The summed E-state index contributed by atoms with van der Waals surface area (Å²) < 4.78 is 87.3. The van der Waals surface area contributed by atoms with Crippen LogP contribution in [0.1, 0.15) is 0 Å². The van der Waals surface area contributed by atoms with Gasteiger partial charge in [-0.1, -0.05) is 0 Å². The minimum atomic E-state index is -5.03. The Hall–Kier alpha value is -0.720. The largest absolute Gasteiger partial charge is 0.469 e. The highest BCUT2D eigenvalue weighted by Crippen LogP contribution is 2.53. The summed E-state index contributed by atoms with van der Waals surface area (Å²) in [6.45, 7) is 0. The number of carbonyl (C=O) groups excluding carboxylic acids is 1. The van der Waals surface area contributed by atoms with Crippen LogP contribution >= 0.6 is 7.14 Å². The maximum Gasteiger partial charge on any atom is 0.395 e. The number of halogens is 6. The van der Waals surface area contributed by atoms with E-state index in [9.17, 15) is 35.7 Å². The first-order valence-corrected chi connectivity index (χ1v) is 6.40. The summed E-state index contributed by atoms with van der Waals surface area (Å²) in [6.07, 6.45) is -15.7. The molecule has 0 amide bonds. The second-order valence-electron chi connectivity index (χ2n) is 3.34. The van der Waals surface area contributed by atoms with Crippen LogP contribution in [0.15, 0.2) is 0 Å². The Balaban J connectivity index is 4.95. The van der Waals surface area contributed by atoms with Gasteiger partial charge in [-0.15, -0.1) is 0 Å². The summed E-state index contributed by atoms with van der Waals surface area (Å²) >= 11 is 0. The Morgan fingerprint density at radius 1 is 1.06 bits per heavy atom. The number of carbonyl (C=O) groups is 1. The number of ether oxygens (including phenoxy) is 1. The van der Waals surface area contributed by atoms with Crippen LogP contribution in [0.5, 0.6) is 0 Å². The molecule has 0 radical (unpaired) electrons. The van der Waals surface area contributed by atoms with Crippen LogP contribution in [-0.2, 0) is 14.1 Å². The highest BCUT2D eigenvalue weighted by molar-refractivity contribution is 7.64. The van der Waals surface area contributed by atoms with Gasteiger partial charge in [0, 0.05) is 0 Å². The second kappa shape index (κ2) is 5.29. The Kier molecular flexibility index (Phi) is 5.06. The van der Waals surface area contributed by atoms with Gasteiger partial charge in [0.05, 0.1) is 25.6 Å². The van der Waals surface area contributed by atoms with Crippen molar-refractivity contribution in [1.82, 2.24) is 0 Å². The third-order valence-corrected chi connectivity index (χ3v) is 4.28. The summed E-state index contributed by atoms with van der Waals surface area (Å²) in [5.74, 6) is -1.36. The quantitative estimate of drug-likeness (QED) is 0.453. The SMILES string of the molecule is COC(=O)CP(=O)(CC(F)(F)F)CC(F)(F)F. The average Bonchev–Trinajstić information content (AvgIpc) is 1.94. The summed E-state index contributed by atoms with van der Waals surface area (Å²) in [6, 6.07) is 0. The van der Waals surface area contributed by atoms with Gasteiger partial charge in [0.2, 0.25) is 0 Å². The highest BCUT2D eigenvalue weighted by Gasteiger charge is 2.46. The Labute approximate surface area is 92.5 Å². The fraction of sp³-hybridized carbons (Fsp3) is 0.857. The Bertz CT molecular complexity index is 301. The second-order valence-corrected chi connectivity index (χ2v) is 6.40. The lowest BCUT2D eigenvalue weighted by Crippen LogP contribution is -2.26. The van der Waals surface area contributed by atoms with E-state index in [2.05, 4.69) is 4.74 Å². The smallest absolute Gasteiger partial charge is 0.395 e. The third-order valence-electron chi connectivity index (χ3n) is 1.58. The molecule has 0 aromatic heterocycles. The van der Waals surface area contributed by atoms with E-state index in [1.807, 2.05) is 0 Å². The molecule has 0 saturated carbocycles. The Morgan fingerprint density at radius 2 is 1.41 bits per heavy atom. The van der Waals surface area contributed by atoms with Gasteiger partial charge >= 0.3 is 18.3 Å². The molecule has 0 saturated heterocycles. The van der Waals surface area contributed by atoms with Crippen LogP contribution in [0.2, 0.25) is 0 Å². The third kappa shape index (κ3) is 8.06. The fourth-order valence-electron chi connectivity index (χ4n) is 1.12. The molecule has 17 heavy (non-hydrogen) atoms. The zero-order valence-corrected chi connectivity index (χ0v) is 9.46. The van der Waals surface area contributed by atoms with Crippen LogP contribution in [0.25, 0.3) is 0 Å². The van der Waals surface area contributed by atoms with Crippen LogP contribution in [0.3, 0.4) is 0 Å².